The molecule has 0 saturated carbocycles. The van der Waals surface area contributed by atoms with Gasteiger partial charge in [-0.1, -0.05) is 97.1 Å². The molecule has 2 aliphatic heterocycles. The van der Waals surface area contributed by atoms with Crippen molar-refractivity contribution in [3.8, 4) is 0 Å². The normalized spacial score (nSPS) is 20.1. The summed E-state index contributed by atoms with van der Waals surface area (Å²) in [6.45, 7) is 1.04. The number of hydrogen-bond acceptors (Lipinski definition) is 5. The van der Waals surface area contributed by atoms with Crippen LogP contribution in [0.4, 0.5) is 0 Å². The molecule has 1 saturated heterocycles. The number of nitrogens with one attached hydrogen (secondary N) is 2. The van der Waals surface area contributed by atoms with Gasteiger partial charge in [0, 0.05) is 39.5 Å². The Balaban J connectivity index is 1.21. The van der Waals surface area contributed by atoms with Gasteiger partial charge in [0.05, 0.1) is 12.1 Å². The quantitative estimate of drug-likeness (QED) is 0.293. The van der Waals surface area contributed by atoms with Crippen LogP contribution >= 0.6 is 0 Å². The molecule has 2 heterocycles. The number of aliphatic hydroxyl groups excluding tert-OH is 1. The Kier molecular flexibility index (Phi) is 8.72. The van der Waals surface area contributed by atoms with Crippen LogP contribution in [0.15, 0.2) is 97.1 Å². The van der Waals surface area contributed by atoms with Gasteiger partial charge in [0.2, 0.25) is 17.7 Å². The number of fused-ring (bicyclic) bond motifs is 2. The minimum absolute atomic E-state index is 0.0773. The van der Waals surface area contributed by atoms with E-state index in [0.717, 1.165) is 33.0 Å². The molecule has 0 unspecified atom stereocenters. The first-order valence-electron chi connectivity index (χ1n) is 15.2. The summed E-state index contributed by atoms with van der Waals surface area (Å²) in [6.07, 6.45) is 0.112. The van der Waals surface area contributed by atoms with Gasteiger partial charge in [-0.25, -0.2) is 0 Å². The molecule has 8 nitrogen and oxygen atoms in total. The van der Waals surface area contributed by atoms with Crippen LogP contribution in [0.25, 0.3) is 10.8 Å². The number of carbonyl (C=O) groups excluding carboxylic acids is 3. The van der Waals surface area contributed by atoms with Crippen LogP contribution in [-0.2, 0) is 40.3 Å². The van der Waals surface area contributed by atoms with Crippen LogP contribution in [0, 0.1) is 0 Å². The Bertz CT molecular complexity index is 1660. The van der Waals surface area contributed by atoms with E-state index in [1.165, 1.54) is 4.90 Å². The lowest BCUT2D eigenvalue weighted by atomic mass is 9.95. The zero-order chi connectivity index (χ0) is 30.6. The summed E-state index contributed by atoms with van der Waals surface area (Å²) >= 11 is 0. The van der Waals surface area contributed by atoms with Gasteiger partial charge in [-0.2, -0.15) is 0 Å². The monoisotopic (exact) mass is 590 g/mol. The van der Waals surface area contributed by atoms with Crippen LogP contribution in [0.1, 0.15) is 28.7 Å². The van der Waals surface area contributed by atoms with E-state index in [0.29, 0.717) is 25.9 Å². The van der Waals surface area contributed by atoms with E-state index < -0.39 is 30.1 Å². The standard InChI is InChI=1S/C36H38N4O4/c1-39(22-24-9-3-2-4-10-24)35(43)32(18-25-15-16-26-11-5-6-12-27(26)17-25)38-34(42)33-20-30(41)23-40(33)36(44)31-19-28-13-7-8-14-29(28)21-37-31/h2-17,30-33,37,41H,18-23H2,1H3,(H,38,42)/t30-,31+,32+,33+/m1/s1. The second-order valence-electron chi connectivity index (χ2n) is 11.9. The van der Waals surface area contributed by atoms with Gasteiger partial charge in [-0.05, 0) is 39.4 Å². The van der Waals surface area contributed by atoms with Crippen molar-refractivity contribution >= 4 is 28.5 Å². The minimum atomic E-state index is -0.872. The Morgan fingerprint density at radius 3 is 2.41 bits per heavy atom. The second kappa shape index (κ2) is 13.0. The molecule has 6 rings (SSSR count). The first-order chi connectivity index (χ1) is 21.4. The van der Waals surface area contributed by atoms with E-state index >= 15 is 0 Å². The van der Waals surface area contributed by atoms with Crippen molar-refractivity contribution in [2.45, 2.75) is 56.6 Å². The molecule has 4 aromatic rings. The number of β-amino-alcohol motifs (C(OH)–C–C–N with tert-alkyl or cyclic N) is 1. The van der Waals surface area contributed by atoms with Gasteiger partial charge in [0.15, 0.2) is 0 Å². The number of aliphatic hydroxyl groups is 1. The molecule has 44 heavy (non-hydrogen) atoms. The summed E-state index contributed by atoms with van der Waals surface area (Å²) in [6, 6.07) is 29.6. The zero-order valence-electron chi connectivity index (χ0n) is 24.9. The minimum Gasteiger partial charge on any atom is -0.391 e. The fraction of sp³-hybridized carbons (Fsp3) is 0.306. The van der Waals surface area contributed by atoms with E-state index in [1.54, 1.807) is 11.9 Å². The third-order valence-electron chi connectivity index (χ3n) is 8.75. The van der Waals surface area contributed by atoms with Gasteiger partial charge >= 0.3 is 0 Å². The predicted molar refractivity (Wildman–Crippen MR) is 169 cm³/mol. The number of amides is 3. The summed E-state index contributed by atoms with van der Waals surface area (Å²) in [5.41, 5.74) is 4.16. The van der Waals surface area contributed by atoms with Gasteiger partial charge < -0.3 is 25.5 Å². The Morgan fingerprint density at radius 2 is 1.61 bits per heavy atom. The van der Waals surface area contributed by atoms with Crippen LogP contribution in [-0.4, -0.2) is 70.4 Å². The second-order valence-corrected chi connectivity index (χ2v) is 11.9. The number of rotatable bonds is 8. The average Bonchev–Trinajstić information content (AvgIpc) is 3.45. The first kappa shape index (κ1) is 29.5. The van der Waals surface area contributed by atoms with Gasteiger partial charge in [0.1, 0.15) is 12.1 Å². The lowest BCUT2D eigenvalue weighted by Crippen LogP contribution is -2.57. The summed E-state index contributed by atoms with van der Waals surface area (Å²) in [5, 5.41) is 19.0. The van der Waals surface area contributed by atoms with E-state index in [2.05, 4.69) is 10.6 Å². The van der Waals surface area contributed by atoms with Crippen molar-refractivity contribution in [2.24, 2.45) is 0 Å². The molecular formula is C36H38N4O4. The fourth-order valence-corrected chi connectivity index (χ4v) is 6.41. The highest BCUT2D eigenvalue weighted by Crippen LogP contribution is 2.24. The Morgan fingerprint density at radius 1 is 0.909 bits per heavy atom. The van der Waals surface area contributed by atoms with Crippen LogP contribution in [0.3, 0.4) is 0 Å². The van der Waals surface area contributed by atoms with E-state index in [4.69, 9.17) is 0 Å². The molecule has 1 fully saturated rings. The highest BCUT2D eigenvalue weighted by Gasteiger charge is 2.42. The molecular weight excluding hydrogens is 552 g/mol. The lowest BCUT2D eigenvalue weighted by Gasteiger charge is -2.32. The topological polar surface area (TPSA) is 102 Å². The third kappa shape index (κ3) is 6.51. The number of carbonyl (C=O) groups is 3. The smallest absolute Gasteiger partial charge is 0.245 e. The van der Waals surface area contributed by atoms with Crippen molar-refractivity contribution in [2.75, 3.05) is 13.6 Å². The van der Waals surface area contributed by atoms with Crippen molar-refractivity contribution in [3.05, 3.63) is 119 Å². The SMILES string of the molecule is CN(Cc1ccccc1)C(=O)[C@H](Cc1ccc2ccccc2c1)NC(=O)[C@@H]1C[C@@H](O)CN1C(=O)[C@@H]1Cc2ccccc2CN1. The molecule has 2 aliphatic rings. The molecule has 0 aromatic heterocycles. The van der Waals surface area contributed by atoms with Crippen LogP contribution in [0.2, 0.25) is 0 Å². The molecule has 3 N–H and O–H groups in total. The summed E-state index contributed by atoms with van der Waals surface area (Å²) < 4.78 is 0. The Hall–Kier alpha value is -4.53. The lowest BCUT2D eigenvalue weighted by molar-refractivity contribution is -0.142. The van der Waals surface area contributed by atoms with Crippen molar-refractivity contribution in [1.29, 1.82) is 0 Å². The number of likely N-dealkylation sites (N-methyl/N-ethyl adjacent to an activating group) is 1. The maximum Gasteiger partial charge on any atom is 0.245 e. The highest BCUT2D eigenvalue weighted by atomic mass is 16.3. The van der Waals surface area contributed by atoms with Gasteiger partial charge in [0.25, 0.3) is 0 Å². The zero-order valence-corrected chi connectivity index (χ0v) is 24.9. The number of benzene rings is 4. The first-order valence-corrected chi connectivity index (χ1v) is 15.2. The van der Waals surface area contributed by atoms with Crippen LogP contribution < -0.4 is 10.6 Å². The van der Waals surface area contributed by atoms with Crippen molar-refractivity contribution in [1.82, 2.24) is 20.4 Å². The number of hydrogen-bond donors (Lipinski definition) is 3. The third-order valence-corrected chi connectivity index (χ3v) is 8.75. The van der Waals surface area contributed by atoms with Gasteiger partial charge in [-0.15, -0.1) is 0 Å². The van der Waals surface area contributed by atoms with Crippen LogP contribution in [0.5, 0.6) is 0 Å². The predicted octanol–water partition coefficient (Wildman–Crippen LogP) is 3.20. The Labute approximate surface area is 257 Å². The van der Waals surface area contributed by atoms with Crippen molar-refractivity contribution < 1.29 is 19.5 Å². The summed E-state index contributed by atoms with van der Waals surface area (Å²) in [7, 11) is 1.73. The molecule has 0 spiro atoms. The van der Waals surface area contributed by atoms with E-state index in [-0.39, 0.29) is 24.8 Å². The summed E-state index contributed by atoms with van der Waals surface area (Å²) in [5.74, 6) is -0.870. The molecule has 0 radical (unpaired) electrons. The average molecular weight is 591 g/mol. The molecule has 0 bridgehead atoms. The van der Waals surface area contributed by atoms with E-state index in [9.17, 15) is 19.5 Å². The molecule has 3 amide bonds. The highest BCUT2D eigenvalue weighted by molar-refractivity contribution is 5.94. The molecule has 0 aliphatic carbocycles. The maximum atomic E-state index is 13.9. The fourth-order valence-electron chi connectivity index (χ4n) is 6.41. The number of likely N-dealkylation sites (tertiary alicyclic amines) is 1. The largest absolute Gasteiger partial charge is 0.391 e. The van der Waals surface area contributed by atoms with E-state index in [1.807, 2.05) is 97.1 Å². The molecule has 4 aromatic carbocycles. The number of nitrogens with zero attached hydrogens (tertiary/aromatic N) is 2. The summed E-state index contributed by atoms with van der Waals surface area (Å²) in [4.78, 5) is 44.6. The van der Waals surface area contributed by atoms with Crippen molar-refractivity contribution in [3.63, 3.8) is 0 Å². The molecule has 8 heteroatoms. The molecule has 4 atom stereocenters. The van der Waals surface area contributed by atoms with Gasteiger partial charge in [-0.3, -0.25) is 14.4 Å². The molecule has 226 valence electrons. The maximum absolute atomic E-state index is 13.9.